The quantitative estimate of drug-likeness (QED) is 0.189. The lowest BCUT2D eigenvalue weighted by molar-refractivity contribution is -0.112. The summed E-state index contributed by atoms with van der Waals surface area (Å²) in [7, 11) is 2.88. The van der Waals surface area contributed by atoms with Crippen LogP contribution in [-0.4, -0.2) is 55.0 Å². The van der Waals surface area contributed by atoms with Gasteiger partial charge in [-0.25, -0.2) is 24.9 Å². The number of aliphatic hydroxyl groups excluding tert-OH is 1. The lowest BCUT2D eigenvalue weighted by Gasteiger charge is -2.28. The van der Waals surface area contributed by atoms with Gasteiger partial charge in [0.15, 0.2) is 5.65 Å². The first-order valence-corrected chi connectivity index (χ1v) is 15.5. The molecule has 0 bridgehead atoms. The summed E-state index contributed by atoms with van der Waals surface area (Å²) in [4.78, 5) is 35.0. The minimum absolute atomic E-state index is 0.369. The maximum Gasteiger partial charge on any atom is 0.164 e. The maximum atomic E-state index is 12.3. The van der Waals surface area contributed by atoms with Gasteiger partial charge in [0.25, 0.3) is 0 Å². The van der Waals surface area contributed by atoms with Crippen LogP contribution in [0, 0.1) is 24.2 Å². The largest absolute Gasteiger partial charge is 0.400 e. The van der Waals surface area contributed by atoms with Gasteiger partial charge in [-0.15, -0.1) is 0 Å². The summed E-state index contributed by atoms with van der Waals surface area (Å²) in [5.74, 6) is 2.67. The highest BCUT2D eigenvalue weighted by Crippen LogP contribution is 2.38. The molecule has 2 N–H and O–H groups in total. The monoisotopic (exact) mass is 603 g/mol. The fraction of sp³-hybridized carbons (Fsp3) is 0.543. The number of aldehydes is 1. The topological polar surface area (TPSA) is 119 Å². The average molecular weight is 604 g/mol. The maximum absolute atomic E-state index is 12.3. The van der Waals surface area contributed by atoms with Crippen LogP contribution in [-0.2, 0) is 16.8 Å². The number of nitrogens with zero attached hydrogens (tertiary/aromatic N) is 6. The van der Waals surface area contributed by atoms with E-state index in [1.54, 1.807) is 18.7 Å². The van der Waals surface area contributed by atoms with Gasteiger partial charge in [-0.2, -0.15) is 0 Å². The molecule has 0 fully saturated rings. The number of carbonyl (C=O) groups is 1. The Kier molecular flexibility index (Phi) is 13.1. The van der Waals surface area contributed by atoms with E-state index in [1.807, 2.05) is 37.6 Å². The molecule has 4 rings (SSSR count). The zero-order chi connectivity index (χ0) is 33.2. The van der Waals surface area contributed by atoms with Crippen molar-refractivity contribution in [3.05, 3.63) is 48.3 Å². The Balaban J connectivity index is 0.000000588. The van der Waals surface area contributed by atoms with Crippen LogP contribution in [0.5, 0.6) is 0 Å². The molecule has 1 atom stereocenters. The molecule has 4 aromatic rings. The van der Waals surface area contributed by atoms with Crippen molar-refractivity contribution in [2.24, 2.45) is 17.3 Å². The van der Waals surface area contributed by atoms with Gasteiger partial charge in [0.1, 0.15) is 35.5 Å². The van der Waals surface area contributed by atoms with E-state index in [0.29, 0.717) is 29.2 Å². The number of nitrogens with one attached hydrogen (secondary N) is 1. The number of imidazole rings is 1. The summed E-state index contributed by atoms with van der Waals surface area (Å²) in [6, 6.07) is 6.08. The van der Waals surface area contributed by atoms with Gasteiger partial charge in [-0.05, 0) is 68.6 Å². The van der Waals surface area contributed by atoms with Crippen LogP contribution in [0.1, 0.15) is 86.5 Å². The summed E-state index contributed by atoms with van der Waals surface area (Å²) in [5.41, 5.74) is 5.69. The summed E-state index contributed by atoms with van der Waals surface area (Å²) in [5, 5.41) is 10.2. The van der Waals surface area contributed by atoms with E-state index in [9.17, 15) is 4.79 Å². The van der Waals surface area contributed by atoms with E-state index < -0.39 is 5.41 Å². The van der Waals surface area contributed by atoms with E-state index in [-0.39, 0.29) is 0 Å². The van der Waals surface area contributed by atoms with Crippen molar-refractivity contribution in [3.63, 3.8) is 0 Å². The number of aromatic nitrogens is 6. The van der Waals surface area contributed by atoms with Crippen LogP contribution >= 0.6 is 0 Å². The Labute approximate surface area is 264 Å². The number of hydrogen-bond acceptors (Lipinski definition) is 8. The first-order valence-electron chi connectivity index (χ1n) is 15.5. The number of aliphatic hydroxyl groups is 1. The van der Waals surface area contributed by atoms with E-state index in [0.717, 1.165) is 65.3 Å². The van der Waals surface area contributed by atoms with Gasteiger partial charge in [0, 0.05) is 44.3 Å². The van der Waals surface area contributed by atoms with Crippen LogP contribution in [0.15, 0.2) is 36.9 Å². The van der Waals surface area contributed by atoms with Crippen LogP contribution in [0.2, 0.25) is 0 Å². The second-order valence-electron chi connectivity index (χ2n) is 13.4. The first kappa shape index (κ1) is 36.5. The number of anilines is 1. The Morgan fingerprint density at radius 3 is 2.02 bits per heavy atom. The normalized spacial score (nSPS) is 12.7. The molecule has 0 amide bonds. The minimum Gasteiger partial charge on any atom is -0.400 e. The minimum atomic E-state index is -0.623. The molecule has 9 nitrogen and oxygen atoms in total. The summed E-state index contributed by atoms with van der Waals surface area (Å²) in [6.45, 7) is 22.3. The summed E-state index contributed by atoms with van der Waals surface area (Å²) >= 11 is 0. The number of aryl methyl sites for hydroxylation is 2. The molecule has 9 heteroatoms. The first-order chi connectivity index (χ1) is 20.7. The molecule has 3 aromatic heterocycles. The van der Waals surface area contributed by atoms with Crippen molar-refractivity contribution in [2.75, 3.05) is 19.5 Å². The molecule has 3 heterocycles. The standard InChI is InChI=1S/C26H31N7O.C8H18.CH4O/c1-7-33-24(19-12-28-17(4)29-13-19)32-23-22(30-15-31-25(23)33)18-8-9-21(27-6)20(10-18)26(5,14-34)11-16(2)3;1-7(2)6-8(3,4)5;1-2/h8-10,12-16,27H,7,11H2,1-6H3;7H,6H2,1-5H3;2H,1H3. The molecular formula is C35H53N7O2. The highest BCUT2D eigenvalue weighted by Gasteiger charge is 2.30. The van der Waals surface area contributed by atoms with Gasteiger partial charge in [-0.3, -0.25) is 0 Å². The van der Waals surface area contributed by atoms with Crippen LogP contribution in [0.3, 0.4) is 0 Å². The number of carbonyl (C=O) groups excluding carboxylic acids is 1. The second-order valence-corrected chi connectivity index (χ2v) is 13.4. The second kappa shape index (κ2) is 15.8. The van der Waals surface area contributed by atoms with Crippen LogP contribution in [0.4, 0.5) is 5.69 Å². The highest BCUT2D eigenvalue weighted by molar-refractivity contribution is 5.90. The molecular weight excluding hydrogens is 550 g/mol. The van der Waals surface area contributed by atoms with Gasteiger partial charge < -0.3 is 19.8 Å². The summed E-state index contributed by atoms with van der Waals surface area (Å²) in [6.07, 6.45) is 8.26. The van der Waals surface area contributed by atoms with E-state index in [2.05, 4.69) is 86.7 Å². The molecule has 0 saturated heterocycles. The number of benzene rings is 1. The molecule has 1 aromatic carbocycles. The predicted molar refractivity (Wildman–Crippen MR) is 182 cm³/mol. The fourth-order valence-electron chi connectivity index (χ4n) is 5.85. The third-order valence-corrected chi connectivity index (χ3v) is 7.18. The zero-order valence-electron chi connectivity index (χ0n) is 28.9. The zero-order valence-corrected chi connectivity index (χ0v) is 28.9. The molecule has 0 aliphatic carbocycles. The average Bonchev–Trinajstić information content (AvgIpc) is 3.35. The Morgan fingerprint density at radius 1 is 0.932 bits per heavy atom. The third kappa shape index (κ3) is 9.14. The van der Waals surface area contributed by atoms with Crippen molar-refractivity contribution in [2.45, 2.75) is 94.0 Å². The molecule has 0 radical (unpaired) electrons. The molecule has 0 saturated carbocycles. The Bertz CT molecular complexity index is 1490. The van der Waals surface area contributed by atoms with Crippen molar-refractivity contribution >= 4 is 23.1 Å². The summed E-state index contributed by atoms with van der Waals surface area (Å²) < 4.78 is 2.05. The number of hydrogen-bond donors (Lipinski definition) is 2. The molecule has 0 aliphatic heterocycles. The molecule has 0 spiro atoms. The van der Waals surface area contributed by atoms with Crippen LogP contribution in [0.25, 0.3) is 33.8 Å². The molecule has 240 valence electrons. The van der Waals surface area contributed by atoms with Gasteiger partial charge in [0.05, 0.1) is 11.0 Å². The van der Waals surface area contributed by atoms with Crippen molar-refractivity contribution in [3.8, 4) is 22.6 Å². The third-order valence-electron chi connectivity index (χ3n) is 7.18. The lowest BCUT2D eigenvalue weighted by atomic mass is 9.76. The van der Waals surface area contributed by atoms with E-state index >= 15 is 0 Å². The Hall–Kier alpha value is -3.72. The smallest absolute Gasteiger partial charge is 0.164 e. The fourth-order valence-corrected chi connectivity index (χ4v) is 5.85. The molecule has 0 aliphatic rings. The molecule has 44 heavy (non-hydrogen) atoms. The van der Waals surface area contributed by atoms with Crippen molar-refractivity contribution < 1.29 is 9.90 Å². The number of rotatable bonds is 9. The Morgan fingerprint density at radius 2 is 1.55 bits per heavy atom. The highest BCUT2D eigenvalue weighted by atomic mass is 16.2. The van der Waals surface area contributed by atoms with Crippen molar-refractivity contribution in [1.82, 2.24) is 29.5 Å². The van der Waals surface area contributed by atoms with Crippen molar-refractivity contribution in [1.29, 1.82) is 0 Å². The van der Waals surface area contributed by atoms with E-state index in [4.69, 9.17) is 10.1 Å². The van der Waals surface area contributed by atoms with E-state index in [1.165, 1.54) is 6.42 Å². The van der Waals surface area contributed by atoms with Gasteiger partial charge in [0.2, 0.25) is 0 Å². The van der Waals surface area contributed by atoms with Gasteiger partial charge in [-0.1, -0.05) is 54.5 Å². The van der Waals surface area contributed by atoms with Gasteiger partial charge >= 0.3 is 0 Å². The number of fused-ring (bicyclic) bond motifs is 1. The SMILES string of the molecule is CC(C)CC(C)(C)C.CCn1c(-c2cnc(C)nc2)nc2c(-c3ccc(NC)c(C(C)(C=O)CC(C)C)c3)ncnc21.CO. The van der Waals surface area contributed by atoms with Crippen LogP contribution < -0.4 is 5.32 Å². The molecule has 1 unspecified atom stereocenters. The predicted octanol–water partition coefficient (Wildman–Crippen LogP) is 7.51. The lowest BCUT2D eigenvalue weighted by Crippen LogP contribution is -2.27.